The minimum Gasteiger partial charge on any atom is -0.383 e. The van der Waals surface area contributed by atoms with Crippen LogP contribution in [0.1, 0.15) is 32.1 Å². The molecule has 1 heterocycles. The molecule has 0 spiro atoms. The molecule has 0 aromatic heterocycles. The van der Waals surface area contributed by atoms with Crippen molar-refractivity contribution in [3.8, 4) is 0 Å². The first-order valence-electron chi connectivity index (χ1n) is 8.61. The van der Waals surface area contributed by atoms with Crippen LogP contribution in [0, 0.1) is 0 Å². The summed E-state index contributed by atoms with van der Waals surface area (Å²) in [5.74, 6) is 0.103. The van der Waals surface area contributed by atoms with E-state index in [1.165, 1.54) is 6.42 Å². The Morgan fingerprint density at radius 2 is 1.78 bits per heavy atom. The van der Waals surface area contributed by atoms with Gasteiger partial charge >= 0.3 is 0 Å². The summed E-state index contributed by atoms with van der Waals surface area (Å²) in [6, 6.07) is 0. The van der Waals surface area contributed by atoms with Gasteiger partial charge in [0.05, 0.1) is 18.7 Å². The van der Waals surface area contributed by atoms with Crippen LogP contribution in [-0.4, -0.2) is 80.1 Å². The molecule has 2 amide bonds. The fourth-order valence-electron chi connectivity index (χ4n) is 3.37. The van der Waals surface area contributed by atoms with Gasteiger partial charge in [0, 0.05) is 39.8 Å². The molecule has 2 aliphatic rings. The lowest BCUT2D eigenvalue weighted by Gasteiger charge is -2.40. The van der Waals surface area contributed by atoms with Crippen molar-refractivity contribution in [3.63, 3.8) is 0 Å². The number of carbonyl (C=O) groups is 2. The number of hydrogen-bond acceptors (Lipinski definition) is 5. The molecular formula is C16H30N4O3. The molecule has 2 rings (SSSR count). The van der Waals surface area contributed by atoms with Crippen LogP contribution < -0.4 is 11.1 Å². The Kier molecular flexibility index (Phi) is 6.80. The highest BCUT2D eigenvalue weighted by Gasteiger charge is 2.39. The van der Waals surface area contributed by atoms with Crippen LogP contribution in [0.25, 0.3) is 0 Å². The quantitative estimate of drug-likeness (QED) is 0.646. The first kappa shape index (κ1) is 18.2. The van der Waals surface area contributed by atoms with E-state index in [4.69, 9.17) is 10.5 Å². The van der Waals surface area contributed by atoms with E-state index in [9.17, 15) is 9.59 Å². The predicted octanol–water partition coefficient (Wildman–Crippen LogP) is -0.445. The van der Waals surface area contributed by atoms with Crippen LogP contribution in [0.4, 0.5) is 0 Å². The summed E-state index contributed by atoms with van der Waals surface area (Å²) in [5.41, 5.74) is 5.68. The molecule has 0 radical (unpaired) electrons. The number of rotatable bonds is 6. The van der Waals surface area contributed by atoms with E-state index in [1.807, 2.05) is 4.90 Å². The summed E-state index contributed by atoms with van der Waals surface area (Å²) in [5, 5.41) is 2.82. The number of nitrogens with zero attached hydrogens (tertiary/aromatic N) is 2. The van der Waals surface area contributed by atoms with Gasteiger partial charge in [-0.25, -0.2) is 0 Å². The van der Waals surface area contributed by atoms with E-state index in [1.54, 1.807) is 7.11 Å². The molecule has 0 aromatic carbocycles. The Bertz CT molecular complexity index is 402. The molecule has 2 fully saturated rings. The summed E-state index contributed by atoms with van der Waals surface area (Å²) in [6.45, 7) is 4.18. The van der Waals surface area contributed by atoms with Crippen molar-refractivity contribution in [1.82, 2.24) is 15.1 Å². The highest BCUT2D eigenvalue weighted by atomic mass is 16.5. The molecule has 0 unspecified atom stereocenters. The number of carbonyl (C=O) groups excluding carboxylic acids is 2. The van der Waals surface area contributed by atoms with Crippen molar-refractivity contribution in [1.29, 1.82) is 0 Å². The van der Waals surface area contributed by atoms with Crippen LogP contribution in [0.5, 0.6) is 0 Å². The number of methoxy groups -OCH3 is 1. The van der Waals surface area contributed by atoms with Gasteiger partial charge in [0.2, 0.25) is 11.8 Å². The highest BCUT2D eigenvalue weighted by Crippen LogP contribution is 2.28. The molecule has 7 nitrogen and oxygen atoms in total. The van der Waals surface area contributed by atoms with Crippen LogP contribution in [0.2, 0.25) is 0 Å². The lowest BCUT2D eigenvalue weighted by Crippen LogP contribution is -2.60. The van der Waals surface area contributed by atoms with E-state index in [0.717, 1.165) is 38.8 Å². The van der Waals surface area contributed by atoms with Gasteiger partial charge in [-0.1, -0.05) is 19.3 Å². The van der Waals surface area contributed by atoms with Crippen molar-refractivity contribution >= 4 is 11.8 Å². The minimum atomic E-state index is -0.655. The molecule has 1 aliphatic heterocycles. The van der Waals surface area contributed by atoms with Gasteiger partial charge in [-0.2, -0.15) is 0 Å². The maximum Gasteiger partial charge on any atom is 0.242 e. The van der Waals surface area contributed by atoms with E-state index >= 15 is 0 Å². The largest absolute Gasteiger partial charge is 0.383 e. The van der Waals surface area contributed by atoms with Gasteiger partial charge in [-0.15, -0.1) is 0 Å². The second-order valence-corrected chi connectivity index (χ2v) is 6.63. The Morgan fingerprint density at radius 1 is 1.13 bits per heavy atom. The molecule has 1 aliphatic carbocycles. The SMILES string of the molecule is COCCNC(=O)CN1CCN(C(=O)C2(N)CCCCC2)CC1. The lowest BCUT2D eigenvalue weighted by molar-refractivity contribution is -0.140. The van der Waals surface area contributed by atoms with Gasteiger partial charge in [0.25, 0.3) is 0 Å². The summed E-state index contributed by atoms with van der Waals surface area (Å²) >= 11 is 0. The topological polar surface area (TPSA) is 87.9 Å². The minimum absolute atomic E-state index is 0.00408. The predicted molar refractivity (Wildman–Crippen MR) is 87.9 cm³/mol. The third-order valence-electron chi connectivity index (χ3n) is 4.83. The van der Waals surface area contributed by atoms with Crippen molar-refractivity contribution in [2.24, 2.45) is 5.73 Å². The number of piperazine rings is 1. The standard InChI is InChI=1S/C16H30N4O3/c1-23-12-7-18-14(21)13-19-8-10-20(11-9-19)15(22)16(17)5-3-2-4-6-16/h2-13,17H2,1H3,(H,18,21). The number of nitrogens with one attached hydrogen (secondary N) is 1. The van der Waals surface area contributed by atoms with Gasteiger partial charge in [0.15, 0.2) is 0 Å². The normalized spacial score (nSPS) is 21.9. The number of nitrogens with two attached hydrogens (primary N) is 1. The first-order valence-corrected chi connectivity index (χ1v) is 8.61. The Labute approximate surface area is 138 Å². The molecule has 0 atom stereocenters. The maximum absolute atomic E-state index is 12.7. The number of amides is 2. The average molecular weight is 326 g/mol. The molecule has 23 heavy (non-hydrogen) atoms. The molecule has 0 aromatic rings. The molecule has 132 valence electrons. The van der Waals surface area contributed by atoms with Gasteiger partial charge < -0.3 is 20.7 Å². The van der Waals surface area contributed by atoms with Gasteiger partial charge in [-0.05, 0) is 12.8 Å². The summed E-state index contributed by atoms with van der Waals surface area (Å²) in [4.78, 5) is 28.4. The lowest BCUT2D eigenvalue weighted by atomic mass is 9.81. The molecule has 3 N–H and O–H groups in total. The molecule has 7 heteroatoms. The number of hydrogen-bond donors (Lipinski definition) is 2. The molecule has 1 saturated carbocycles. The average Bonchev–Trinajstić information content (AvgIpc) is 2.56. The fraction of sp³-hybridized carbons (Fsp3) is 0.875. The maximum atomic E-state index is 12.7. The van der Waals surface area contributed by atoms with E-state index in [0.29, 0.717) is 32.8 Å². The van der Waals surface area contributed by atoms with Crippen LogP contribution >= 0.6 is 0 Å². The zero-order valence-corrected chi connectivity index (χ0v) is 14.2. The highest BCUT2D eigenvalue weighted by molar-refractivity contribution is 5.86. The Hall–Kier alpha value is -1.18. The Morgan fingerprint density at radius 3 is 2.39 bits per heavy atom. The smallest absolute Gasteiger partial charge is 0.242 e. The van der Waals surface area contributed by atoms with E-state index < -0.39 is 5.54 Å². The zero-order valence-electron chi connectivity index (χ0n) is 14.2. The van der Waals surface area contributed by atoms with E-state index in [2.05, 4.69) is 10.2 Å². The van der Waals surface area contributed by atoms with Crippen LogP contribution in [0.3, 0.4) is 0 Å². The zero-order chi connectivity index (χ0) is 16.7. The molecule has 0 bridgehead atoms. The van der Waals surface area contributed by atoms with Crippen molar-refractivity contribution < 1.29 is 14.3 Å². The molecule has 1 saturated heterocycles. The Balaban J connectivity index is 1.73. The monoisotopic (exact) mass is 326 g/mol. The van der Waals surface area contributed by atoms with Crippen molar-refractivity contribution in [3.05, 3.63) is 0 Å². The third-order valence-corrected chi connectivity index (χ3v) is 4.83. The first-order chi connectivity index (χ1) is 11.0. The van der Waals surface area contributed by atoms with Crippen LogP contribution in [-0.2, 0) is 14.3 Å². The van der Waals surface area contributed by atoms with Crippen molar-refractivity contribution in [2.45, 2.75) is 37.6 Å². The number of ether oxygens (including phenoxy) is 1. The van der Waals surface area contributed by atoms with Gasteiger partial charge in [-0.3, -0.25) is 14.5 Å². The fourth-order valence-corrected chi connectivity index (χ4v) is 3.37. The summed E-state index contributed by atoms with van der Waals surface area (Å²) in [7, 11) is 1.61. The second-order valence-electron chi connectivity index (χ2n) is 6.63. The summed E-state index contributed by atoms with van der Waals surface area (Å²) < 4.78 is 4.91. The molecular weight excluding hydrogens is 296 g/mol. The summed E-state index contributed by atoms with van der Waals surface area (Å²) in [6.07, 6.45) is 4.87. The van der Waals surface area contributed by atoms with Crippen LogP contribution in [0.15, 0.2) is 0 Å². The van der Waals surface area contributed by atoms with Gasteiger partial charge in [0.1, 0.15) is 0 Å². The second kappa shape index (κ2) is 8.61. The van der Waals surface area contributed by atoms with Crippen molar-refractivity contribution in [2.75, 3.05) is 53.0 Å². The third kappa shape index (κ3) is 5.16. The van der Waals surface area contributed by atoms with E-state index in [-0.39, 0.29) is 11.8 Å².